The zero-order valence-electron chi connectivity index (χ0n) is 12.6. The van der Waals surface area contributed by atoms with Crippen molar-refractivity contribution >= 4 is 11.9 Å². The van der Waals surface area contributed by atoms with Crippen molar-refractivity contribution in [2.24, 2.45) is 7.05 Å². The second kappa shape index (κ2) is 4.28. The van der Waals surface area contributed by atoms with Crippen molar-refractivity contribution in [1.82, 2.24) is 25.1 Å². The van der Waals surface area contributed by atoms with E-state index in [0.717, 1.165) is 28.9 Å². The van der Waals surface area contributed by atoms with Gasteiger partial charge in [-0.3, -0.25) is 9.48 Å². The summed E-state index contributed by atoms with van der Waals surface area (Å²) in [4.78, 5) is 20.6. The van der Waals surface area contributed by atoms with Crippen LogP contribution in [-0.4, -0.2) is 32.7 Å². The number of amides is 1. The van der Waals surface area contributed by atoms with Crippen molar-refractivity contribution in [3.8, 4) is 11.4 Å². The Labute approximate surface area is 122 Å². The van der Waals surface area contributed by atoms with Gasteiger partial charge in [0.2, 0.25) is 5.95 Å². The number of rotatable bonds is 1. The average Bonchev–Trinajstić information content (AvgIpc) is 2.78. The van der Waals surface area contributed by atoms with Gasteiger partial charge in [-0.1, -0.05) is 13.8 Å². The summed E-state index contributed by atoms with van der Waals surface area (Å²) in [5, 5.41) is 7.04. The molecule has 1 aliphatic rings. The van der Waals surface area contributed by atoms with Crippen LogP contribution in [0.4, 0.5) is 5.95 Å². The molecule has 21 heavy (non-hydrogen) atoms. The van der Waals surface area contributed by atoms with E-state index in [1.54, 1.807) is 17.9 Å². The maximum atomic E-state index is 12.1. The van der Waals surface area contributed by atoms with Crippen LogP contribution in [0.15, 0.2) is 6.20 Å². The van der Waals surface area contributed by atoms with Crippen LogP contribution < -0.4 is 11.1 Å². The third kappa shape index (κ3) is 1.88. The van der Waals surface area contributed by atoms with Gasteiger partial charge in [0.1, 0.15) is 0 Å². The number of nitrogen functional groups attached to an aromatic ring is 1. The SMILES string of the molecule is CNC(=O)c1nn(C)c2c1C(C)(C)Cc1cnc(N)nc1-2. The predicted molar refractivity (Wildman–Crippen MR) is 78.8 cm³/mol. The summed E-state index contributed by atoms with van der Waals surface area (Å²) in [5.41, 5.74) is 9.48. The van der Waals surface area contributed by atoms with Gasteiger partial charge in [0, 0.05) is 25.9 Å². The second-order valence-electron chi connectivity index (χ2n) is 5.94. The van der Waals surface area contributed by atoms with Gasteiger partial charge < -0.3 is 11.1 Å². The average molecular weight is 286 g/mol. The zero-order valence-corrected chi connectivity index (χ0v) is 12.6. The Balaban J connectivity index is 2.35. The number of nitrogens with one attached hydrogen (secondary N) is 1. The highest BCUT2D eigenvalue weighted by Gasteiger charge is 2.39. The number of aryl methyl sites for hydroxylation is 1. The molecule has 0 fully saturated rings. The van der Waals surface area contributed by atoms with E-state index in [2.05, 4.69) is 34.2 Å². The smallest absolute Gasteiger partial charge is 0.271 e. The van der Waals surface area contributed by atoms with Gasteiger partial charge in [0.05, 0.1) is 11.4 Å². The van der Waals surface area contributed by atoms with Gasteiger partial charge >= 0.3 is 0 Å². The molecule has 2 aromatic rings. The summed E-state index contributed by atoms with van der Waals surface area (Å²) < 4.78 is 1.70. The number of hydrogen-bond acceptors (Lipinski definition) is 5. The maximum Gasteiger partial charge on any atom is 0.271 e. The molecule has 0 aromatic carbocycles. The fraction of sp³-hybridized carbons (Fsp3) is 0.429. The van der Waals surface area contributed by atoms with Gasteiger partial charge in [-0.25, -0.2) is 9.97 Å². The zero-order chi connectivity index (χ0) is 15.4. The molecule has 0 atom stereocenters. The second-order valence-corrected chi connectivity index (χ2v) is 5.94. The lowest BCUT2D eigenvalue weighted by atomic mass is 9.73. The first-order valence-corrected chi connectivity index (χ1v) is 6.76. The van der Waals surface area contributed by atoms with Crippen LogP contribution in [0.3, 0.4) is 0 Å². The van der Waals surface area contributed by atoms with E-state index in [1.165, 1.54) is 0 Å². The fourth-order valence-corrected chi connectivity index (χ4v) is 3.03. The first kappa shape index (κ1) is 13.5. The molecule has 0 saturated carbocycles. The fourth-order valence-electron chi connectivity index (χ4n) is 3.03. The van der Waals surface area contributed by atoms with Crippen molar-refractivity contribution in [2.45, 2.75) is 25.7 Å². The minimum Gasteiger partial charge on any atom is -0.368 e. The maximum absolute atomic E-state index is 12.1. The van der Waals surface area contributed by atoms with E-state index in [4.69, 9.17) is 5.73 Å². The minimum absolute atomic E-state index is 0.189. The third-order valence-electron chi connectivity index (χ3n) is 3.91. The van der Waals surface area contributed by atoms with Crippen LogP contribution in [0.5, 0.6) is 0 Å². The molecule has 0 unspecified atom stereocenters. The number of aromatic nitrogens is 4. The topological polar surface area (TPSA) is 98.7 Å². The van der Waals surface area contributed by atoms with Crippen molar-refractivity contribution in [3.05, 3.63) is 23.0 Å². The molecule has 3 rings (SSSR count). The van der Waals surface area contributed by atoms with Crippen molar-refractivity contribution < 1.29 is 4.79 Å². The molecule has 1 aliphatic carbocycles. The van der Waals surface area contributed by atoms with E-state index in [9.17, 15) is 4.79 Å². The highest BCUT2D eigenvalue weighted by molar-refractivity contribution is 5.96. The van der Waals surface area contributed by atoms with E-state index in [0.29, 0.717) is 5.69 Å². The molecule has 2 aromatic heterocycles. The standard InChI is InChI=1S/C14H18N6O/c1-14(2)5-7-6-17-13(15)18-9(7)11-8(14)10(12(21)16-3)19-20(11)4/h6H,5H2,1-4H3,(H,16,21)(H2,15,17,18). The molecule has 3 N–H and O–H groups in total. The van der Waals surface area contributed by atoms with Gasteiger partial charge in [-0.15, -0.1) is 0 Å². The molecule has 7 heteroatoms. The van der Waals surface area contributed by atoms with Gasteiger partial charge in [0.25, 0.3) is 5.91 Å². The normalized spacial score (nSPS) is 15.2. The molecule has 110 valence electrons. The monoisotopic (exact) mass is 286 g/mol. The van der Waals surface area contributed by atoms with Crippen molar-refractivity contribution in [2.75, 3.05) is 12.8 Å². The van der Waals surface area contributed by atoms with Crippen LogP contribution in [0.1, 0.15) is 35.5 Å². The summed E-state index contributed by atoms with van der Waals surface area (Å²) in [7, 11) is 3.42. The van der Waals surface area contributed by atoms with Crippen LogP contribution in [0.25, 0.3) is 11.4 Å². The number of fused-ring (bicyclic) bond motifs is 3. The van der Waals surface area contributed by atoms with E-state index >= 15 is 0 Å². The lowest BCUT2D eigenvalue weighted by molar-refractivity contribution is 0.0955. The summed E-state index contributed by atoms with van der Waals surface area (Å²) in [6.45, 7) is 4.19. The molecular formula is C14H18N6O. The number of carbonyl (C=O) groups is 1. The van der Waals surface area contributed by atoms with E-state index in [-0.39, 0.29) is 17.3 Å². The summed E-state index contributed by atoms with van der Waals surface area (Å²) in [6.07, 6.45) is 2.50. The number of hydrogen-bond donors (Lipinski definition) is 2. The number of carbonyl (C=O) groups excluding carboxylic acids is 1. The summed E-state index contributed by atoms with van der Waals surface area (Å²) >= 11 is 0. The lowest BCUT2D eigenvalue weighted by Crippen LogP contribution is -2.30. The Morgan fingerprint density at radius 1 is 1.48 bits per heavy atom. The van der Waals surface area contributed by atoms with E-state index < -0.39 is 0 Å². The Morgan fingerprint density at radius 3 is 2.86 bits per heavy atom. The Kier molecular flexibility index (Phi) is 2.76. The highest BCUT2D eigenvalue weighted by atomic mass is 16.1. The minimum atomic E-state index is -0.224. The number of nitrogens with zero attached hydrogens (tertiary/aromatic N) is 4. The largest absolute Gasteiger partial charge is 0.368 e. The number of anilines is 1. The van der Waals surface area contributed by atoms with Crippen LogP contribution >= 0.6 is 0 Å². The molecule has 0 aliphatic heterocycles. The Bertz CT molecular complexity index is 746. The first-order chi connectivity index (χ1) is 9.85. The quantitative estimate of drug-likeness (QED) is 0.802. The molecule has 0 saturated heterocycles. The molecule has 0 radical (unpaired) electrons. The van der Waals surface area contributed by atoms with Crippen molar-refractivity contribution in [1.29, 1.82) is 0 Å². The first-order valence-electron chi connectivity index (χ1n) is 6.76. The molecule has 1 amide bonds. The summed E-state index contributed by atoms with van der Waals surface area (Å²) in [5.74, 6) is 0.0347. The van der Waals surface area contributed by atoms with Gasteiger partial charge in [0.15, 0.2) is 5.69 Å². The molecule has 0 bridgehead atoms. The molecule has 0 spiro atoms. The van der Waals surface area contributed by atoms with Gasteiger partial charge in [-0.05, 0) is 17.4 Å². The summed E-state index contributed by atoms with van der Waals surface area (Å²) in [6, 6.07) is 0. The van der Waals surface area contributed by atoms with Crippen LogP contribution in [0, 0.1) is 0 Å². The van der Waals surface area contributed by atoms with Gasteiger partial charge in [-0.2, -0.15) is 5.10 Å². The highest BCUT2D eigenvalue weighted by Crippen LogP contribution is 2.43. The lowest BCUT2D eigenvalue weighted by Gasteiger charge is -2.31. The van der Waals surface area contributed by atoms with E-state index in [1.807, 2.05) is 7.05 Å². The van der Waals surface area contributed by atoms with Crippen LogP contribution in [0.2, 0.25) is 0 Å². The Hall–Kier alpha value is -2.44. The van der Waals surface area contributed by atoms with Crippen LogP contribution in [-0.2, 0) is 18.9 Å². The molecule has 7 nitrogen and oxygen atoms in total. The van der Waals surface area contributed by atoms with Crippen molar-refractivity contribution in [3.63, 3.8) is 0 Å². The Morgan fingerprint density at radius 2 is 2.19 bits per heavy atom. The molecular weight excluding hydrogens is 268 g/mol. The molecule has 2 heterocycles. The predicted octanol–water partition coefficient (Wildman–Crippen LogP) is 0.653. The third-order valence-corrected chi connectivity index (χ3v) is 3.91. The number of nitrogens with two attached hydrogens (primary N) is 1.